The van der Waals surface area contributed by atoms with Crippen molar-refractivity contribution < 1.29 is 19.1 Å². The van der Waals surface area contributed by atoms with Crippen molar-refractivity contribution >= 4 is 39.3 Å². The van der Waals surface area contributed by atoms with E-state index in [4.69, 9.17) is 14.3 Å². The molecule has 3 heterocycles. The number of carbonyl (C=O) groups excluding carboxylic acids is 1. The van der Waals surface area contributed by atoms with Gasteiger partial charge in [-0.25, -0.2) is 9.61 Å². The highest BCUT2D eigenvalue weighted by Gasteiger charge is 2.22. The molecule has 0 spiro atoms. The normalized spacial score (nSPS) is 12.8. The Labute approximate surface area is 228 Å². The maximum Gasteiger partial charge on any atom is 0.300 e. The van der Waals surface area contributed by atoms with Gasteiger partial charge < -0.3 is 19.9 Å². The molecular formula is C28H27N7O5. The minimum atomic E-state index is -0.498. The molecule has 2 N–H and O–H groups in total. The molecule has 1 aliphatic rings. The number of para-hydroxylation sites is 1. The van der Waals surface area contributed by atoms with Crippen LogP contribution in [-0.4, -0.2) is 50.4 Å². The molecule has 0 atom stereocenters. The summed E-state index contributed by atoms with van der Waals surface area (Å²) in [5.74, 6) is 1.58. The number of amides is 1. The molecule has 0 unspecified atom stereocenters. The number of carbonyl (C=O) groups is 1. The average Bonchev–Trinajstić information content (AvgIpc) is 3.56. The summed E-state index contributed by atoms with van der Waals surface area (Å²) >= 11 is 0. The van der Waals surface area contributed by atoms with Crippen molar-refractivity contribution in [1.29, 1.82) is 0 Å². The molecule has 0 bridgehead atoms. The Kier molecular flexibility index (Phi) is 6.96. The van der Waals surface area contributed by atoms with Gasteiger partial charge >= 0.3 is 5.69 Å². The van der Waals surface area contributed by atoms with Crippen LogP contribution in [0.2, 0.25) is 0 Å². The van der Waals surface area contributed by atoms with Gasteiger partial charge in [-0.15, -0.1) is 0 Å². The molecule has 5 aromatic rings. The Morgan fingerprint density at radius 2 is 1.85 bits per heavy atom. The van der Waals surface area contributed by atoms with Crippen LogP contribution in [0.4, 0.5) is 11.4 Å². The van der Waals surface area contributed by atoms with E-state index in [9.17, 15) is 14.9 Å². The molecule has 12 nitrogen and oxygen atoms in total. The second kappa shape index (κ2) is 11.0. The number of hydrogen-bond donors (Lipinski definition) is 2. The summed E-state index contributed by atoms with van der Waals surface area (Å²) < 4.78 is 12.8. The number of hydrogen-bond acceptors (Lipinski definition) is 9. The van der Waals surface area contributed by atoms with Crippen molar-refractivity contribution in [2.75, 3.05) is 25.0 Å². The molecule has 0 fully saturated rings. The molecule has 1 amide bonds. The number of unbranched alkanes of at least 4 members (excludes halogenated alkanes) is 3. The van der Waals surface area contributed by atoms with E-state index in [2.05, 4.69) is 25.5 Å². The predicted octanol–water partition coefficient (Wildman–Crippen LogP) is 4.94. The van der Waals surface area contributed by atoms with E-state index in [1.165, 1.54) is 6.07 Å². The molecule has 2 aromatic heterocycles. The Morgan fingerprint density at radius 3 is 2.70 bits per heavy atom. The number of nitrogens with zero attached hydrogens (tertiary/aromatic N) is 5. The number of nitro groups is 1. The SMILES string of the molecule is O=C1NCCn2c(-c3ccc(OCCCCCCNc4ccc([N+](=O)[O-])c5nonc45)cc3)nc3cccc1c32. The first-order valence-corrected chi connectivity index (χ1v) is 13.2. The van der Waals surface area contributed by atoms with Crippen LogP contribution in [0.15, 0.2) is 59.2 Å². The molecule has 0 aliphatic carbocycles. The first-order valence-electron chi connectivity index (χ1n) is 13.2. The van der Waals surface area contributed by atoms with Gasteiger partial charge in [0.25, 0.3) is 5.91 Å². The second-order valence-corrected chi connectivity index (χ2v) is 9.58. The van der Waals surface area contributed by atoms with Crippen LogP contribution in [0.3, 0.4) is 0 Å². The van der Waals surface area contributed by atoms with Crippen molar-refractivity contribution in [2.45, 2.75) is 32.2 Å². The summed E-state index contributed by atoms with van der Waals surface area (Å²) in [5.41, 5.74) is 4.37. The Bertz CT molecular complexity index is 1690. The Morgan fingerprint density at radius 1 is 1.02 bits per heavy atom. The monoisotopic (exact) mass is 541 g/mol. The number of aromatic nitrogens is 4. The lowest BCUT2D eigenvalue weighted by atomic mass is 10.1. The zero-order valence-corrected chi connectivity index (χ0v) is 21.6. The zero-order chi connectivity index (χ0) is 27.5. The largest absolute Gasteiger partial charge is 0.494 e. The summed E-state index contributed by atoms with van der Waals surface area (Å²) in [6.07, 6.45) is 3.89. The lowest BCUT2D eigenvalue weighted by Gasteiger charge is -2.10. The van der Waals surface area contributed by atoms with E-state index >= 15 is 0 Å². The van der Waals surface area contributed by atoms with Crippen molar-refractivity contribution in [1.82, 2.24) is 25.2 Å². The smallest absolute Gasteiger partial charge is 0.300 e. The van der Waals surface area contributed by atoms with Gasteiger partial charge in [0.1, 0.15) is 11.6 Å². The van der Waals surface area contributed by atoms with E-state index in [0.717, 1.165) is 53.9 Å². The minimum absolute atomic E-state index is 0.0640. The Balaban J connectivity index is 0.966. The first-order chi connectivity index (χ1) is 19.6. The second-order valence-electron chi connectivity index (χ2n) is 9.58. The number of anilines is 1. The lowest BCUT2D eigenvalue weighted by Crippen LogP contribution is -2.24. The summed E-state index contributed by atoms with van der Waals surface area (Å²) in [6, 6.07) is 16.6. The molecule has 1 aliphatic heterocycles. The highest BCUT2D eigenvalue weighted by atomic mass is 16.6. The molecule has 0 saturated heterocycles. The van der Waals surface area contributed by atoms with Crippen LogP contribution in [0, 0.1) is 10.1 Å². The van der Waals surface area contributed by atoms with Crippen LogP contribution in [0.1, 0.15) is 36.0 Å². The van der Waals surface area contributed by atoms with Gasteiger partial charge in [0.15, 0.2) is 5.52 Å². The fourth-order valence-electron chi connectivity index (χ4n) is 5.02. The third-order valence-corrected chi connectivity index (χ3v) is 6.99. The number of non-ortho nitro benzene ring substituents is 1. The van der Waals surface area contributed by atoms with Gasteiger partial charge in [-0.2, -0.15) is 0 Å². The number of ether oxygens (including phenoxy) is 1. The fraction of sp³-hybridized carbons (Fsp3) is 0.286. The number of rotatable bonds is 11. The molecule has 6 rings (SSSR count). The minimum Gasteiger partial charge on any atom is -0.494 e. The third-order valence-electron chi connectivity index (χ3n) is 6.99. The molecule has 0 saturated carbocycles. The van der Waals surface area contributed by atoms with Crippen LogP contribution < -0.4 is 15.4 Å². The predicted molar refractivity (Wildman–Crippen MR) is 148 cm³/mol. The number of nitrogens with one attached hydrogen (secondary N) is 2. The van der Waals surface area contributed by atoms with E-state index in [-0.39, 0.29) is 17.1 Å². The standard InChI is InChI=1S/C28H27N7O5/c36-28-20-6-5-7-22-26(20)34(16-15-30-28)27(31-22)18-8-10-19(11-9-18)39-17-4-2-1-3-14-29-21-12-13-23(35(37)38)25-24(21)32-40-33-25/h5-13,29H,1-4,14-17H2,(H,30,36). The number of fused-ring (bicyclic) bond motifs is 1. The van der Waals surface area contributed by atoms with Crippen molar-refractivity contribution in [3.05, 3.63) is 70.3 Å². The first kappa shape index (κ1) is 25.3. The van der Waals surface area contributed by atoms with E-state index in [0.29, 0.717) is 43.0 Å². The summed E-state index contributed by atoms with van der Waals surface area (Å²) in [6.45, 7) is 2.55. The van der Waals surface area contributed by atoms with Gasteiger partial charge in [-0.3, -0.25) is 14.9 Å². The van der Waals surface area contributed by atoms with Crippen molar-refractivity contribution in [2.24, 2.45) is 0 Å². The van der Waals surface area contributed by atoms with Crippen molar-refractivity contribution in [3.63, 3.8) is 0 Å². The van der Waals surface area contributed by atoms with Crippen LogP contribution in [-0.2, 0) is 6.54 Å². The maximum absolute atomic E-state index is 12.4. The van der Waals surface area contributed by atoms with E-state index in [1.54, 1.807) is 6.07 Å². The highest BCUT2D eigenvalue weighted by molar-refractivity contribution is 6.06. The molecule has 40 heavy (non-hydrogen) atoms. The van der Waals surface area contributed by atoms with Crippen LogP contribution in [0.5, 0.6) is 5.75 Å². The average molecular weight is 542 g/mol. The van der Waals surface area contributed by atoms with Crippen LogP contribution >= 0.6 is 0 Å². The highest BCUT2D eigenvalue weighted by Crippen LogP contribution is 2.30. The van der Waals surface area contributed by atoms with E-state index < -0.39 is 4.92 Å². The van der Waals surface area contributed by atoms with Gasteiger partial charge in [-0.1, -0.05) is 18.9 Å². The summed E-state index contributed by atoms with van der Waals surface area (Å²) in [5, 5.41) is 24.8. The molecule has 3 aromatic carbocycles. The molecule has 204 valence electrons. The molecule has 0 radical (unpaired) electrons. The lowest BCUT2D eigenvalue weighted by molar-refractivity contribution is -0.383. The number of benzene rings is 3. The molecule has 12 heteroatoms. The van der Waals surface area contributed by atoms with Gasteiger partial charge in [0.2, 0.25) is 5.52 Å². The Hall–Kier alpha value is -5.00. The molecular weight excluding hydrogens is 514 g/mol. The van der Waals surface area contributed by atoms with Crippen molar-refractivity contribution in [3.8, 4) is 17.1 Å². The van der Waals surface area contributed by atoms with E-state index in [1.807, 2.05) is 42.5 Å². The quantitative estimate of drug-likeness (QED) is 0.135. The van der Waals surface area contributed by atoms with Gasteiger partial charge in [-0.05, 0) is 65.6 Å². The zero-order valence-electron chi connectivity index (χ0n) is 21.6. The van der Waals surface area contributed by atoms with Crippen LogP contribution in [0.25, 0.3) is 33.5 Å². The summed E-state index contributed by atoms with van der Waals surface area (Å²) in [7, 11) is 0. The maximum atomic E-state index is 12.4. The van der Waals surface area contributed by atoms with Gasteiger partial charge in [0, 0.05) is 31.3 Å². The number of imidazole rings is 1. The summed E-state index contributed by atoms with van der Waals surface area (Å²) in [4.78, 5) is 27.8. The van der Waals surface area contributed by atoms with Gasteiger partial charge in [0.05, 0.1) is 33.8 Å². The number of nitro benzene ring substituents is 1. The fourth-order valence-corrected chi connectivity index (χ4v) is 5.02. The topological polar surface area (TPSA) is 150 Å². The third kappa shape index (κ3) is 4.91.